The van der Waals surface area contributed by atoms with Gasteiger partial charge in [-0.25, -0.2) is 0 Å². The van der Waals surface area contributed by atoms with Gasteiger partial charge >= 0.3 is 0 Å². The summed E-state index contributed by atoms with van der Waals surface area (Å²) in [7, 11) is 0. The standard InChI is InChI=1S/C12H13N3O3/c13-6-10-5-11(15(16)17)1-2-12(10)18-8-9-3-4-14-7-9/h1-2,5,9,14H,3-4,7-8H2. The number of benzene rings is 1. The molecule has 1 aliphatic heterocycles. The highest BCUT2D eigenvalue weighted by atomic mass is 16.6. The van der Waals surface area contributed by atoms with Gasteiger partial charge in [0.15, 0.2) is 0 Å². The van der Waals surface area contributed by atoms with Crippen LogP contribution in [0.25, 0.3) is 0 Å². The van der Waals surface area contributed by atoms with Crippen molar-refractivity contribution in [3.8, 4) is 11.8 Å². The van der Waals surface area contributed by atoms with Crippen LogP contribution in [0.4, 0.5) is 5.69 Å². The van der Waals surface area contributed by atoms with Crippen molar-refractivity contribution in [3.63, 3.8) is 0 Å². The smallest absolute Gasteiger partial charge is 0.271 e. The molecule has 18 heavy (non-hydrogen) atoms. The number of nitrogens with one attached hydrogen (secondary N) is 1. The number of ether oxygens (including phenoxy) is 1. The van der Waals surface area contributed by atoms with E-state index in [4.69, 9.17) is 10.00 Å². The minimum Gasteiger partial charge on any atom is -0.492 e. The van der Waals surface area contributed by atoms with Crippen LogP contribution in [0.2, 0.25) is 0 Å². The molecule has 1 atom stereocenters. The van der Waals surface area contributed by atoms with Crippen LogP contribution in [0.15, 0.2) is 18.2 Å². The van der Waals surface area contributed by atoms with Crippen LogP contribution in [0.5, 0.6) is 5.75 Å². The minimum absolute atomic E-state index is 0.0959. The first-order valence-corrected chi connectivity index (χ1v) is 5.73. The van der Waals surface area contributed by atoms with Gasteiger partial charge in [-0.2, -0.15) is 5.26 Å². The van der Waals surface area contributed by atoms with Crippen LogP contribution in [0, 0.1) is 27.4 Å². The summed E-state index contributed by atoms with van der Waals surface area (Å²) in [5, 5.41) is 22.8. The summed E-state index contributed by atoms with van der Waals surface area (Å²) >= 11 is 0. The SMILES string of the molecule is N#Cc1cc([N+](=O)[O-])ccc1OCC1CCNC1. The molecule has 2 rings (SSSR count). The summed E-state index contributed by atoms with van der Waals surface area (Å²) in [5.74, 6) is 0.849. The van der Waals surface area contributed by atoms with E-state index in [-0.39, 0.29) is 11.3 Å². The average Bonchev–Trinajstić information content (AvgIpc) is 2.89. The highest BCUT2D eigenvalue weighted by Gasteiger charge is 2.17. The maximum absolute atomic E-state index is 10.6. The van der Waals surface area contributed by atoms with Crippen molar-refractivity contribution < 1.29 is 9.66 Å². The van der Waals surface area contributed by atoms with Gasteiger partial charge in [0.25, 0.3) is 5.69 Å². The zero-order chi connectivity index (χ0) is 13.0. The Hall–Kier alpha value is -2.13. The first kappa shape index (κ1) is 12.3. The summed E-state index contributed by atoms with van der Waals surface area (Å²) in [5.41, 5.74) is 0.108. The summed E-state index contributed by atoms with van der Waals surface area (Å²) in [6.07, 6.45) is 1.05. The number of nitriles is 1. The lowest BCUT2D eigenvalue weighted by Crippen LogP contribution is -2.15. The first-order chi connectivity index (χ1) is 8.70. The van der Waals surface area contributed by atoms with E-state index in [1.54, 1.807) is 0 Å². The zero-order valence-electron chi connectivity index (χ0n) is 9.76. The van der Waals surface area contributed by atoms with Crippen molar-refractivity contribution in [2.45, 2.75) is 6.42 Å². The largest absolute Gasteiger partial charge is 0.492 e. The molecule has 0 amide bonds. The Kier molecular flexibility index (Phi) is 3.75. The normalized spacial score (nSPS) is 18.3. The van der Waals surface area contributed by atoms with Crippen LogP contribution >= 0.6 is 0 Å². The van der Waals surface area contributed by atoms with Crippen molar-refractivity contribution in [1.82, 2.24) is 5.32 Å². The molecule has 6 heteroatoms. The molecule has 0 aliphatic carbocycles. The van der Waals surface area contributed by atoms with E-state index in [0.717, 1.165) is 19.5 Å². The predicted octanol–water partition coefficient (Wildman–Crippen LogP) is 1.45. The fraction of sp³-hybridized carbons (Fsp3) is 0.417. The minimum atomic E-state index is -0.522. The molecule has 94 valence electrons. The van der Waals surface area contributed by atoms with E-state index >= 15 is 0 Å². The molecule has 0 bridgehead atoms. The Morgan fingerprint density at radius 2 is 2.44 bits per heavy atom. The molecule has 1 saturated heterocycles. The van der Waals surface area contributed by atoms with Gasteiger partial charge < -0.3 is 10.1 Å². The molecule has 0 aromatic heterocycles. The maximum atomic E-state index is 10.6. The van der Waals surface area contributed by atoms with Crippen LogP contribution in [-0.2, 0) is 0 Å². The first-order valence-electron chi connectivity index (χ1n) is 5.73. The highest BCUT2D eigenvalue weighted by molar-refractivity contribution is 5.50. The van der Waals surface area contributed by atoms with E-state index in [2.05, 4.69) is 5.32 Å². The maximum Gasteiger partial charge on any atom is 0.271 e. The zero-order valence-corrected chi connectivity index (χ0v) is 9.76. The number of hydrogen-bond acceptors (Lipinski definition) is 5. The van der Waals surface area contributed by atoms with Gasteiger partial charge in [-0.1, -0.05) is 0 Å². The second-order valence-electron chi connectivity index (χ2n) is 4.22. The molecular weight excluding hydrogens is 234 g/mol. The average molecular weight is 247 g/mol. The quantitative estimate of drug-likeness (QED) is 0.642. The van der Waals surface area contributed by atoms with Gasteiger partial charge in [-0.15, -0.1) is 0 Å². The number of non-ortho nitro benzene ring substituents is 1. The molecule has 0 radical (unpaired) electrons. The van der Waals surface area contributed by atoms with Crippen molar-refractivity contribution in [2.24, 2.45) is 5.92 Å². The number of nitro benzene ring substituents is 1. The van der Waals surface area contributed by atoms with E-state index in [9.17, 15) is 10.1 Å². The Labute approximate surface area is 104 Å². The predicted molar refractivity (Wildman–Crippen MR) is 64.3 cm³/mol. The third-order valence-corrected chi connectivity index (χ3v) is 2.93. The van der Waals surface area contributed by atoms with Gasteiger partial charge in [0.1, 0.15) is 17.4 Å². The lowest BCUT2D eigenvalue weighted by atomic mass is 10.1. The number of rotatable bonds is 4. The molecule has 1 fully saturated rings. The number of nitro groups is 1. The molecule has 1 N–H and O–H groups in total. The van der Waals surface area contributed by atoms with E-state index in [1.807, 2.05) is 6.07 Å². The topological polar surface area (TPSA) is 88.2 Å². The summed E-state index contributed by atoms with van der Waals surface area (Å²) < 4.78 is 5.56. The molecule has 1 aromatic rings. The molecule has 1 unspecified atom stereocenters. The van der Waals surface area contributed by atoms with Crippen molar-refractivity contribution in [2.75, 3.05) is 19.7 Å². The fourth-order valence-electron chi connectivity index (χ4n) is 1.91. The summed E-state index contributed by atoms with van der Waals surface area (Å²) in [6, 6.07) is 5.99. The molecule has 0 spiro atoms. The summed E-state index contributed by atoms with van der Waals surface area (Å²) in [4.78, 5) is 10.1. The monoisotopic (exact) mass is 247 g/mol. The molecular formula is C12H13N3O3. The van der Waals surface area contributed by atoms with E-state index in [1.165, 1.54) is 18.2 Å². The van der Waals surface area contributed by atoms with E-state index < -0.39 is 4.92 Å². The molecule has 6 nitrogen and oxygen atoms in total. The fourth-order valence-corrected chi connectivity index (χ4v) is 1.91. The molecule has 1 aliphatic rings. The van der Waals surface area contributed by atoms with Gasteiger partial charge in [0, 0.05) is 24.6 Å². The lowest BCUT2D eigenvalue weighted by molar-refractivity contribution is -0.384. The lowest BCUT2D eigenvalue weighted by Gasteiger charge is -2.11. The number of hydrogen-bond donors (Lipinski definition) is 1. The van der Waals surface area contributed by atoms with Crippen LogP contribution in [0.1, 0.15) is 12.0 Å². The van der Waals surface area contributed by atoms with E-state index in [0.29, 0.717) is 18.3 Å². The Morgan fingerprint density at radius 1 is 1.61 bits per heavy atom. The van der Waals surface area contributed by atoms with Gasteiger partial charge in [-0.05, 0) is 19.0 Å². The van der Waals surface area contributed by atoms with Crippen LogP contribution in [-0.4, -0.2) is 24.6 Å². The third-order valence-electron chi connectivity index (χ3n) is 2.93. The van der Waals surface area contributed by atoms with Gasteiger partial charge in [0.05, 0.1) is 11.5 Å². The van der Waals surface area contributed by atoms with Crippen LogP contribution in [0.3, 0.4) is 0 Å². The second kappa shape index (κ2) is 5.47. The van der Waals surface area contributed by atoms with Crippen molar-refractivity contribution >= 4 is 5.69 Å². The second-order valence-corrected chi connectivity index (χ2v) is 4.22. The number of nitrogens with zero attached hydrogens (tertiary/aromatic N) is 2. The van der Waals surface area contributed by atoms with Crippen molar-refractivity contribution in [3.05, 3.63) is 33.9 Å². The van der Waals surface area contributed by atoms with Gasteiger partial charge in [-0.3, -0.25) is 10.1 Å². The van der Waals surface area contributed by atoms with Gasteiger partial charge in [0.2, 0.25) is 0 Å². The highest BCUT2D eigenvalue weighted by Crippen LogP contribution is 2.24. The molecule has 0 saturated carbocycles. The molecule has 1 heterocycles. The Morgan fingerprint density at radius 3 is 3.06 bits per heavy atom. The van der Waals surface area contributed by atoms with Crippen LogP contribution < -0.4 is 10.1 Å². The third kappa shape index (κ3) is 2.76. The molecule has 1 aromatic carbocycles. The Bertz CT molecular complexity index is 490. The summed E-state index contributed by atoms with van der Waals surface area (Å²) in [6.45, 7) is 2.42. The Balaban J connectivity index is 2.07. The van der Waals surface area contributed by atoms with Crippen molar-refractivity contribution in [1.29, 1.82) is 5.26 Å².